The Hall–Kier alpha value is -2.57. The monoisotopic (exact) mass is 489 g/mol. The number of nitrogens with zero attached hydrogens (tertiary/aromatic N) is 1. The van der Waals surface area contributed by atoms with Crippen LogP contribution in [0.1, 0.15) is 58.8 Å². The van der Waals surface area contributed by atoms with E-state index in [2.05, 4.69) is 11.9 Å². The van der Waals surface area contributed by atoms with Crippen molar-refractivity contribution in [1.82, 2.24) is 4.98 Å². The molecule has 6 rings (SSSR count). The molecule has 0 aliphatic heterocycles. The summed E-state index contributed by atoms with van der Waals surface area (Å²) in [5.41, 5.74) is -0.391. The second-order valence-corrected chi connectivity index (χ2v) is 12.1. The summed E-state index contributed by atoms with van der Waals surface area (Å²) < 4.78 is 5.83. The third-order valence-corrected chi connectivity index (χ3v) is 10.4. The lowest BCUT2D eigenvalue weighted by atomic mass is 9.45. The second kappa shape index (κ2) is 8.22. The fourth-order valence-corrected chi connectivity index (χ4v) is 8.55. The molecule has 1 aromatic heterocycles. The number of hydrogen-bond acceptors (Lipinski definition) is 6. The van der Waals surface area contributed by atoms with Crippen LogP contribution in [0.5, 0.6) is 5.75 Å². The standard InChI is InChI=1S/C30H35NO5/c1-28-11-9-20(32)14-19(28)7-8-22-23-10-12-30(35,29(23,2)15-25(33)27(22)28)26(34)17-36-21-13-18-5-3-4-6-24(18)31-16-21/h3-6,13-14,16,22-23,25,27,33,35H,7-12,15,17H2,1-2H3/t22?,23?,25-,27?,28?,29?,30-/m0/s1. The number of ketones is 2. The van der Waals surface area contributed by atoms with E-state index in [0.717, 1.165) is 36.6 Å². The first-order valence-corrected chi connectivity index (χ1v) is 13.3. The molecular weight excluding hydrogens is 454 g/mol. The highest BCUT2D eigenvalue weighted by atomic mass is 16.5. The number of allylic oxidation sites excluding steroid dienone is 1. The van der Waals surface area contributed by atoms with Crippen molar-refractivity contribution in [2.45, 2.75) is 70.5 Å². The first kappa shape index (κ1) is 23.8. The van der Waals surface area contributed by atoms with E-state index in [1.54, 1.807) is 6.20 Å². The number of carbonyl (C=O) groups excluding carboxylic acids is 2. The van der Waals surface area contributed by atoms with Crippen LogP contribution in [0.4, 0.5) is 0 Å². The first-order chi connectivity index (χ1) is 17.2. The van der Waals surface area contributed by atoms with Crippen molar-refractivity contribution in [3.05, 3.63) is 48.2 Å². The maximum Gasteiger partial charge on any atom is 0.202 e. The lowest BCUT2D eigenvalue weighted by Gasteiger charge is -2.60. The Kier molecular flexibility index (Phi) is 5.44. The molecule has 0 saturated heterocycles. The Balaban J connectivity index is 1.23. The molecule has 3 saturated carbocycles. The molecule has 6 heteroatoms. The van der Waals surface area contributed by atoms with E-state index in [4.69, 9.17) is 4.74 Å². The Bertz CT molecular complexity index is 1270. The van der Waals surface area contributed by atoms with Gasteiger partial charge in [0.2, 0.25) is 5.78 Å². The summed E-state index contributed by atoms with van der Waals surface area (Å²) in [6.45, 7) is 3.99. The molecule has 7 atom stereocenters. The minimum Gasteiger partial charge on any atom is -0.484 e. The molecule has 5 unspecified atom stereocenters. The van der Waals surface area contributed by atoms with Gasteiger partial charge in [-0.05, 0) is 79.9 Å². The van der Waals surface area contributed by atoms with E-state index in [-0.39, 0.29) is 41.3 Å². The third-order valence-electron chi connectivity index (χ3n) is 10.4. The van der Waals surface area contributed by atoms with Crippen LogP contribution >= 0.6 is 0 Å². The number of aromatic nitrogens is 1. The van der Waals surface area contributed by atoms with Crippen LogP contribution in [0.3, 0.4) is 0 Å². The molecule has 1 aromatic carbocycles. The summed E-state index contributed by atoms with van der Waals surface area (Å²) >= 11 is 0. The second-order valence-electron chi connectivity index (χ2n) is 12.1. The Morgan fingerprint density at radius 1 is 1.17 bits per heavy atom. The van der Waals surface area contributed by atoms with Gasteiger partial charge in [0, 0.05) is 17.2 Å². The Labute approximate surface area is 211 Å². The van der Waals surface area contributed by atoms with Gasteiger partial charge in [-0.2, -0.15) is 0 Å². The van der Waals surface area contributed by atoms with E-state index < -0.39 is 17.1 Å². The summed E-state index contributed by atoms with van der Waals surface area (Å²) in [7, 11) is 0. The largest absolute Gasteiger partial charge is 0.484 e. The Morgan fingerprint density at radius 3 is 2.81 bits per heavy atom. The van der Waals surface area contributed by atoms with Gasteiger partial charge in [0.1, 0.15) is 18.0 Å². The predicted molar refractivity (Wildman–Crippen MR) is 135 cm³/mol. The summed E-state index contributed by atoms with van der Waals surface area (Å²) in [4.78, 5) is 30.0. The highest BCUT2D eigenvalue weighted by molar-refractivity contribution is 5.92. The van der Waals surface area contributed by atoms with E-state index >= 15 is 0 Å². The number of pyridine rings is 1. The molecule has 2 N–H and O–H groups in total. The average molecular weight is 490 g/mol. The summed E-state index contributed by atoms with van der Waals surface area (Å²) in [6, 6.07) is 9.58. The smallest absolute Gasteiger partial charge is 0.202 e. The lowest BCUT2D eigenvalue weighted by molar-refractivity contribution is -0.181. The van der Waals surface area contributed by atoms with Crippen molar-refractivity contribution in [1.29, 1.82) is 0 Å². The molecule has 4 aliphatic rings. The van der Waals surface area contributed by atoms with Crippen LogP contribution in [-0.4, -0.2) is 45.1 Å². The molecule has 3 fully saturated rings. The van der Waals surface area contributed by atoms with Crippen molar-refractivity contribution >= 4 is 22.5 Å². The molecule has 0 radical (unpaired) electrons. The highest BCUT2D eigenvalue weighted by Crippen LogP contribution is 2.67. The molecule has 2 aromatic rings. The van der Waals surface area contributed by atoms with Crippen LogP contribution in [0.15, 0.2) is 48.2 Å². The maximum atomic E-state index is 13.5. The molecular formula is C30H35NO5. The van der Waals surface area contributed by atoms with Crippen LogP contribution < -0.4 is 4.74 Å². The van der Waals surface area contributed by atoms with Gasteiger partial charge in [-0.3, -0.25) is 14.6 Å². The molecule has 0 bridgehead atoms. The fraction of sp³-hybridized carbons (Fsp3) is 0.567. The quantitative estimate of drug-likeness (QED) is 0.660. The molecule has 6 nitrogen and oxygen atoms in total. The van der Waals surface area contributed by atoms with Gasteiger partial charge in [-0.25, -0.2) is 0 Å². The zero-order chi connectivity index (χ0) is 25.3. The van der Waals surface area contributed by atoms with Crippen molar-refractivity contribution < 1.29 is 24.5 Å². The number of rotatable bonds is 4. The topological polar surface area (TPSA) is 96.7 Å². The normalized spacial score (nSPS) is 39.7. The maximum absolute atomic E-state index is 13.5. The van der Waals surface area contributed by atoms with Crippen molar-refractivity contribution in [2.75, 3.05) is 6.61 Å². The van der Waals surface area contributed by atoms with E-state index in [0.29, 0.717) is 25.0 Å². The average Bonchev–Trinajstić information content (AvgIpc) is 3.13. The highest BCUT2D eigenvalue weighted by Gasteiger charge is 2.68. The molecule has 1 heterocycles. The van der Waals surface area contributed by atoms with Crippen LogP contribution in [0.2, 0.25) is 0 Å². The number of para-hydroxylation sites is 1. The number of Topliss-reactive ketones (excluding diaryl/α,β-unsaturated/α-hetero) is 1. The van der Waals surface area contributed by atoms with E-state index in [9.17, 15) is 19.8 Å². The van der Waals surface area contributed by atoms with E-state index in [1.165, 1.54) is 5.57 Å². The van der Waals surface area contributed by atoms with Gasteiger partial charge in [-0.15, -0.1) is 0 Å². The number of aliphatic hydroxyl groups is 2. The van der Waals surface area contributed by atoms with E-state index in [1.807, 2.05) is 43.3 Å². The number of carbonyl (C=O) groups is 2. The third kappa shape index (κ3) is 3.33. The zero-order valence-corrected chi connectivity index (χ0v) is 21.1. The predicted octanol–water partition coefficient (Wildman–Crippen LogP) is 4.42. The SMILES string of the molecule is CC12CCC(=O)C=C1CCC1C2[C@@H](O)CC2(C)C1CC[C@]2(O)C(=O)COc1cnc2ccccc2c1. The van der Waals surface area contributed by atoms with Crippen molar-refractivity contribution in [3.63, 3.8) is 0 Å². The van der Waals surface area contributed by atoms with Gasteiger partial charge >= 0.3 is 0 Å². The van der Waals surface area contributed by atoms with Gasteiger partial charge in [0.05, 0.1) is 17.8 Å². The van der Waals surface area contributed by atoms with Gasteiger partial charge in [0.25, 0.3) is 0 Å². The summed E-state index contributed by atoms with van der Waals surface area (Å²) in [6.07, 6.45) is 7.39. The molecule has 4 aliphatic carbocycles. The summed E-state index contributed by atoms with van der Waals surface area (Å²) in [5, 5.41) is 24.4. The van der Waals surface area contributed by atoms with Crippen LogP contribution in [0, 0.1) is 28.6 Å². The van der Waals surface area contributed by atoms with Gasteiger partial charge < -0.3 is 14.9 Å². The zero-order valence-electron chi connectivity index (χ0n) is 21.1. The van der Waals surface area contributed by atoms with Gasteiger partial charge in [0.15, 0.2) is 5.78 Å². The number of benzene rings is 1. The van der Waals surface area contributed by atoms with Gasteiger partial charge in [-0.1, -0.05) is 37.6 Å². The van der Waals surface area contributed by atoms with Crippen molar-refractivity contribution in [2.24, 2.45) is 28.6 Å². The molecule has 36 heavy (non-hydrogen) atoms. The van der Waals surface area contributed by atoms with Crippen LogP contribution in [0.25, 0.3) is 10.9 Å². The number of fused-ring (bicyclic) bond motifs is 6. The number of hydrogen-bond donors (Lipinski definition) is 2. The molecule has 190 valence electrons. The number of aliphatic hydroxyl groups excluding tert-OH is 1. The minimum absolute atomic E-state index is 0.0565. The Morgan fingerprint density at radius 2 is 1.97 bits per heavy atom. The fourth-order valence-electron chi connectivity index (χ4n) is 8.55. The first-order valence-electron chi connectivity index (χ1n) is 13.3. The minimum atomic E-state index is -1.53. The molecule has 0 amide bonds. The summed E-state index contributed by atoms with van der Waals surface area (Å²) in [5.74, 6) is 0.803. The molecule has 0 spiro atoms. The van der Waals surface area contributed by atoms with Crippen LogP contribution in [-0.2, 0) is 9.59 Å². The number of ether oxygens (including phenoxy) is 1. The lowest BCUT2D eigenvalue weighted by Crippen LogP contribution is -2.62. The van der Waals surface area contributed by atoms with Crippen molar-refractivity contribution in [3.8, 4) is 5.75 Å².